The highest BCUT2D eigenvalue weighted by molar-refractivity contribution is 5.80. The predicted molar refractivity (Wildman–Crippen MR) is 95.3 cm³/mol. The first-order chi connectivity index (χ1) is 12.3. The van der Waals surface area contributed by atoms with Crippen molar-refractivity contribution in [2.24, 2.45) is 5.92 Å². The first kappa shape index (κ1) is 16.7. The molecule has 0 radical (unpaired) electrons. The third-order valence-electron chi connectivity index (χ3n) is 5.17. The molecule has 4 rings (SSSR count). The Balaban J connectivity index is 1.48. The first-order valence-electron chi connectivity index (χ1n) is 8.99. The third kappa shape index (κ3) is 3.92. The fourth-order valence-electron chi connectivity index (χ4n) is 3.76. The van der Waals surface area contributed by atoms with Gasteiger partial charge in [0.15, 0.2) is 0 Å². The summed E-state index contributed by atoms with van der Waals surface area (Å²) >= 11 is 0. The lowest BCUT2D eigenvalue weighted by Gasteiger charge is -2.37. The van der Waals surface area contributed by atoms with E-state index in [0.717, 1.165) is 63.7 Å². The second-order valence-corrected chi connectivity index (χ2v) is 6.75. The number of morpholine rings is 1. The van der Waals surface area contributed by atoms with Crippen LogP contribution in [0.5, 0.6) is 0 Å². The fraction of sp³-hybridized carbons (Fsp3) is 0.526. The van der Waals surface area contributed by atoms with Gasteiger partial charge in [-0.15, -0.1) is 0 Å². The van der Waals surface area contributed by atoms with Crippen LogP contribution in [0.1, 0.15) is 6.42 Å². The zero-order valence-electron chi connectivity index (χ0n) is 14.3. The molecule has 0 amide bonds. The number of fused-ring (bicyclic) bond motifs is 1. The minimum atomic E-state index is -0.258. The Labute approximate surface area is 147 Å². The normalized spacial score (nSPS) is 23.0. The maximum absolute atomic E-state index is 13.4. The number of rotatable bonds is 5. The summed E-state index contributed by atoms with van der Waals surface area (Å²) < 4.78 is 24.5. The fourth-order valence-corrected chi connectivity index (χ4v) is 3.76. The molecule has 0 unspecified atom stereocenters. The van der Waals surface area contributed by atoms with E-state index in [0.29, 0.717) is 17.5 Å². The number of halogens is 1. The van der Waals surface area contributed by atoms with Crippen LogP contribution in [0.15, 0.2) is 30.3 Å². The second kappa shape index (κ2) is 7.64. The third-order valence-corrected chi connectivity index (χ3v) is 5.17. The van der Waals surface area contributed by atoms with Gasteiger partial charge in [-0.1, -0.05) is 0 Å². The van der Waals surface area contributed by atoms with Crippen LogP contribution in [0.25, 0.3) is 10.9 Å². The molecule has 3 heterocycles. The number of benzene rings is 1. The monoisotopic (exact) mass is 345 g/mol. The number of nitrogens with one attached hydrogen (secondary N) is 1. The number of hydrogen-bond acceptors (Lipinski definition) is 5. The number of anilines is 1. The zero-order chi connectivity index (χ0) is 17.1. The topological polar surface area (TPSA) is 46.6 Å². The van der Waals surface area contributed by atoms with Crippen molar-refractivity contribution >= 4 is 16.7 Å². The van der Waals surface area contributed by atoms with E-state index in [1.165, 1.54) is 12.1 Å². The Bertz CT molecular complexity index is 715. The molecule has 0 saturated carbocycles. The van der Waals surface area contributed by atoms with Crippen LogP contribution >= 0.6 is 0 Å². The van der Waals surface area contributed by atoms with Crippen molar-refractivity contribution in [3.63, 3.8) is 0 Å². The summed E-state index contributed by atoms with van der Waals surface area (Å²) in [6, 6.07) is 9.04. The van der Waals surface area contributed by atoms with Gasteiger partial charge in [0.1, 0.15) is 11.6 Å². The largest absolute Gasteiger partial charge is 0.381 e. The van der Waals surface area contributed by atoms with Crippen molar-refractivity contribution < 1.29 is 13.9 Å². The highest BCUT2D eigenvalue weighted by Crippen LogP contribution is 2.23. The van der Waals surface area contributed by atoms with Crippen molar-refractivity contribution in [3.05, 3.63) is 36.1 Å². The molecule has 2 fully saturated rings. The van der Waals surface area contributed by atoms with Crippen LogP contribution < -0.4 is 5.32 Å². The second-order valence-electron chi connectivity index (χ2n) is 6.75. The minimum absolute atomic E-state index is 0.258. The van der Waals surface area contributed by atoms with Gasteiger partial charge >= 0.3 is 0 Å². The SMILES string of the molecule is Fc1ccc2ccc(NC[C@@H]([C@H]3CCOC3)N3CCOCC3)nc2c1. The van der Waals surface area contributed by atoms with Crippen LogP contribution in [0.2, 0.25) is 0 Å². The number of ether oxygens (including phenoxy) is 2. The number of aromatic nitrogens is 1. The summed E-state index contributed by atoms with van der Waals surface area (Å²) in [6.07, 6.45) is 1.10. The smallest absolute Gasteiger partial charge is 0.126 e. The van der Waals surface area contributed by atoms with Gasteiger partial charge in [-0.2, -0.15) is 0 Å². The zero-order valence-corrected chi connectivity index (χ0v) is 14.3. The highest BCUT2D eigenvalue weighted by Gasteiger charge is 2.31. The van der Waals surface area contributed by atoms with Crippen molar-refractivity contribution in [1.29, 1.82) is 0 Å². The van der Waals surface area contributed by atoms with E-state index in [1.807, 2.05) is 12.1 Å². The Morgan fingerprint density at radius 3 is 2.80 bits per heavy atom. The molecule has 0 spiro atoms. The average Bonchev–Trinajstić information content (AvgIpc) is 3.17. The summed E-state index contributed by atoms with van der Waals surface area (Å²) in [5.74, 6) is 1.06. The molecule has 25 heavy (non-hydrogen) atoms. The van der Waals surface area contributed by atoms with Crippen molar-refractivity contribution in [2.45, 2.75) is 12.5 Å². The molecule has 5 nitrogen and oxygen atoms in total. The quantitative estimate of drug-likeness (QED) is 0.902. The van der Waals surface area contributed by atoms with E-state index in [-0.39, 0.29) is 5.82 Å². The van der Waals surface area contributed by atoms with Crippen LogP contribution in [0.3, 0.4) is 0 Å². The van der Waals surface area contributed by atoms with E-state index in [2.05, 4.69) is 15.2 Å². The molecule has 6 heteroatoms. The number of hydrogen-bond donors (Lipinski definition) is 1. The van der Waals surface area contributed by atoms with Gasteiger partial charge in [0.05, 0.1) is 25.3 Å². The van der Waals surface area contributed by atoms with Gasteiger partial charge in [0.2, 0.25) is 0 Å². The van der Waals surface area contributed by atoms with Crippen LogP contribution in [-0.2, 0) is 9.47 Å². The molecule has 0 aliphatic carbocycles. The Hall–Kier alpha value is -1.76. The van der Waals surface area contributed by atoms with Gasteiger partial charge in [0.25, 0.3) is 0 Å². The Morgan fingerprint density at radius 1 is 1.16 bits per heavy atom. The standard InChI is InChI=1S/C19H24FN3O2/c20-16-3-1-14-2-4-19(22-17(14)11-16)21-12-18(15-5-8-25-13-15)23-6-9-24-10-7-23/h1-4,11,15,18H,5-10,12-13H2,(H,21,22)/t15-,18-/m0/s1. The van der Waals surface area contributed by atoms with Crippen molar-refractivity contribution in [3.8, 4) is 0 Å². The van der Waals surface area contributed by atoms with Gasteiger partial charge < -0.3 is 14.8 Å². The van der Waals surface area contributed by atoms with E-state index >= 15 is 0 Å². The van der Waals surface area contributed by atoms with Crippen molar-refractivity contribution in [1.82, 2.24) is 9.88 Å². The lowest BCUT2D eigenvalue weighted by molar-refractivity contribution is 0.00460. The average molecular weight is 345 g/mol. The van der Waals surface area contributed by atoms with Crippen LogP contribution in [-0.4, -0.2) is 62.0 Å². The minimum Gasteiger partial charge on any atom is -0.381 e. The van der Waals surface area contributed by atoms with Gasteiger partial charge in [-0.3, -0.25) is 4.90 Å². The van der Waals surface area contributed by atoms with E-state index in [9.17, 15) is 4.39 Å². The molecule has 2 aliphatic rings. The van der Waals surface area contributed by atoms with E-state index in [1.54, 1.807) is 6.07 Å². The molecule has 0 bridgehead atoms. The summed E-state index contributed by atoms with van der Waals surface area (Å²) in [6.45, 7) is 5.97. The predicted octanol–water partition coefficient (Wildman–Crippen LogP) is 2.52. The molecular weight excluding hydrogens is 321 g/mol. The molecule has 1 aromatic heterocycles. The summed E-state index contributed by atoms with van der Waals surface area (Å²) in [7, 11) is 0. The molecular formula is C19H24FN3O2. The molecule has 1 aromatic carbocycles. The van der Waals surface area contributed by atoms with E-state index < -0.39 is 0 Å². The Morgan fingerprint density at radius 2 is 2.00 bits per heavy atom. The van der Waals surface area contributed by atoms with Crippen LogP contribution in [0.4, 0.5) is 10.2 Å². The molecule has 2 atom stereocenters. The molecule has 134 valence electrons. The first-order valence-corrected chi connectivity index (χ1v) is 8.99. The van der Waals surface area contributed by atoms with Crippen molar-refractivity contribution in [2.75, 3.05) is 51.4 Å². The molecule has 1 N–H and O–H groups in total. The number of pyridine rings is 1. The molecule has 2 aromatic rings. The summed E-state index contributed by atoms with van der Waals surface area (Å²) in [5, 5.41) is 4.40. The molecule has 2 aliphatic heterocycles. The highest BCUT2D eigenvalue weighted by atomic mass is 19.1. The van der Waals surface area contributed by atoms with Gasteiger partial charge in [0, 0.05) is 49.7 Å². The Kier molecular flexibility index (Phi) is 5.10. The summed E-state index contributed by atoms with van der Waals surface area (Å²) in [5.41, 5.74) is 0.678. The van der Waals surface area contributed by atoms with Gasteiger partial charge in [-0.05, 0) is 30.7 Å². The maximum Gasteiger partial charge on any atom is 0.126 e. The van der Waals surface area contributed by atoms with Crippen LogP contribution in [0, 0.1) is 11.7 Å². The lowest BCUT2D eigenvalue weighted by Crippen LogP contribution is -2.50. The van der Waals surface area contributed by atoms with E-state index in [4.69, 9.17) is 9.47 Å². The van der Waals surface area contributed by atoms with Gasteiger partial charge in [-0.25, -0.2) is 9.37 Å². The number of nitrogens with zero attached hydrogens (tertiary/aromatic N) is 2. The lowest BCUT2D eigenvalue weighted by atomic mass is 9.97. The maximum atomic E-state index is 13.4. The molecule has 2 saturated heterocycles. The summed E-state index contributed by atoms with van der Waals surface area (Å²) in [4.78, 5) is 7.05.